The molecule has 0 atom stereocenters. The summed E-state index contributed by atoms with van der Waals surface area (Å²) in [6, 6.07) is 2.03. The SMILES string of the molecule is CC(C)OC(=O)CNCc1cc(Br)cs1. The lowest BCUT2D eigenvalue weighted by atomic mass is 10.4. The fourth-order valence-electron chi connectivity index (χ4n) is 1.04. The summed E-state index contributed by atoms with van der Waals surface area (Å²) in [5.74, 6) is -0.208. The van der Waals surface area contributed by atoms with Crippen LogP contribution in [0.4, 0.5) is 0 Å². The topological polar surface area (TPSA) is 38.3 Å². The molecule has 0 saturated carbocycles. The highest BCUT2D eigenvalue weighted by molar-refractivity contribution is 9.10. The van der Waals surface area contributed by atoms with Crippen LogP contribution in [0.15, 0.2) is 15.9 Å². The van der Waals surface area contributed by atoms with Gasteiger partial charge in [0, 0.05) is 21.3 Å². The fraction of sp³-hybridized carbons (Fsp3) is 0.500. The van der Waals surface area contributed by atoms with Crippen molar-refractivity contribution >= 4 is 33.2 Å². The van der Waals surface area contributed by atoms with Crippen molar-refractivity contribution in [2.75, 3.05) is 6.54 Å². The minimum absolute atomic E-state index is 0.0461. The average molecular weight is 292 g/mol. The van der Waals surface area contributed by atoms with Gasteiger partial charge >= 0.3 is 5.97 Å². The Bertz CT molecular complexity index is 325. The van der Waals surface area contributed by atoms with Crippen molar-refractivity contribution in [2.24, 2.45) is 0 Å². The third-order valence-electron chi connectivity index (χ3n) is 1.56. The highest BCUT2D eigenvalue weighted by atomic mass is 79.9. The van der Waals surface area contributed by atoms with Crippen molar-refractivity contribution < 1.29 is 9.53 Å². The van der Waals surface area contributed by atoms with Crippen molar-refractivity contribution in [1.29, 1.82) is 0 Å². The van der Waals surface area contributed by atoms with Crippen LogP contribution in [0.3, 0.4) is 0 Å². The number of nitrogens with one attached hydrogen (secondary N) is 1. The number of carbonyl (C=O) groups excluding carboxylic acids is 1. The molecule has 0 spiro atoms. The van der Waals surface area contributed by atoms with E-state index in [1.165, 1.54) is 4.88 Å². The Labute approximate surface area is 102 Å². The van der Waals surface area contributed by atoms with Gasteiger partial charge in [-0.3, -0.25) is 4.79 Å². The first-order valence-electron chi connectivity index (χ1n) is 4.71. The Balaban J connectivity index is 2.19. The molecular formula is C10H14BrNO2S. The summed E-state index contributed by atoms with van der Waals surface area (Å²) in [4.78, 5) is 12.4. The summed E-state index contributed by atoms with van der Waals surface area (Å²) in [5.41, 5.74) is 0. The van der Waals surface area contributed by atoms with Gasteiger partial charge < -0.3 is 10.1 Å². The average Bonchev–Trinajstić information content (AvgIpc) is 2.50. The first-order valence-corrected chi connectivity index (χ1v) is 6.38. The number of thiophene rings is 1. The number of halogens is 1. The molecule has 0 aliphatic rings. The van der Waals surface area contributed by atoms with Crippen LogP contribution in [-0.4, -0.2) is 18.6 Å². The van der Waals surface area contributed by atoms with E-state index in [4.69, 9.17) is 4.74 Å². The van der Waals surface area contributed by atoms with E-state index in [1.54, 1.807) is 11.3 Å². The highest BCUT2D eigenvalue weighted by Gasteiger charge is 2.04. The van der Waals surface area contributed by atoms with Crippen LogP contribution in [0.1, 0.15) is 18.7 Å². The van der Waals surface area contributed by atoms with Gasteiger partial charge in [0.15, 0.2) is 0 Å². The van der Waals surface area contributed by atoms with Crippen LogP contribution in [0.2, 0.25) is 0 Å². The molecule has 3 nitrogen and oxygen atoms in total. The number of ether oxygens (including phenoxy) is 1. The maximum atomic E-state index is 11.2. The molecule has 0 bridgehead atoms. The second-order valence-electron chi connectivity index (χ2n) is 3.37. The summed E-state index contributed by atoms with van der Waals surface area (Å²) >= 11 is 5.03. The molecule has 84 valence electrons. The summed E-state index contributed by atoms with van der Waals surface area (Å²) < 4.78 is 6.06. The Morgan fingerprint density at radius 3 is 2.93 bits per heavy atom. The third-order valence-corrected chi connectivity index (χ3v) is 3.26. The standard InChI is InChI=1S/C10H14BrNO2S/c1-7(2)14-10(13)5-12-4-9-3-8(11)6-15-9/h3,6-7,12H,4-5H2,1-2H3. The molecule has 0 saturated heterocycles. The molecule has 0 unspecified atom stereocenters. The van der Waals surface area contributed by atoms with Gasteiger partial charge in [0.2, 0.25) is 0 Å². The molecule has 0 radical (unpaired) electrons. The smallest absolute Gasteiger partial charge is 0.320 e. The van der Waals surface area contributed by atoms with Crippen LogP contribution in [0.5, 0.6) is 0 Å². The summed E-state index contributed by atoms with van der Waals surface area (Å²) in [6.07, 6.45) is -0.0461. The van der Waals surface area contributed by atoms with Gasteiger partial charge in [-0.05, 0) is 35.8 Å². The minimum Gasteiger partial charge on any atom is -0.462 e. The van der Waals surface area contributed by atoms with Crippen LogP contribution >= 0.6 is 27.3 Å². The predicted molar refractivity (Wildman–Crippen MR) is 65.0 cm³/mol. The van der Waals surface area contributed by atoms with Gasteiger partial charge in [0.25, 0.3) is 0 Å². The molecular weight excluding hydrogens is 278 g/mol. The van der Waals surface area contributed by atoms with E-state index in [-0.39, 0.29) is 18.6 Å². The van der Waals surface area contributed by atoms with Gasteiger partial charge in [-0.1, -0.05) is 0 Å². The number of esters is 1. The molecule has 0 fully saturated rings. The zero-order chi connectivity index (χ0) is 11.3. The Morgan fingerprint density at radius 2 is 2.40 bits per heavy atom. The maximum Gasteiger partial charge on any atom is 0.320 e. The van der Waals surface area contributed by atoms with Crippen LogP contribution in [-0.2, 0) is 16.1 Å². The molecule has 0 aromatic carbocycles. The molecule has 0 aliphatic carbocycles. The molecule has 0 amide bonds. The highest BCUT2D eigenvalue weighted by Crippen LogP contribution is 2.19. The summed E-state index contributed by atoms with van der Waals surface area (Å²) in [7, 11) is 0. The van der Waals surface area contributed by atoms with E-state index < -0.39 is 0 Å². The Kier molecular flexibility index (Phi) is 5.28. The summed E-state index contributed by atoms with van der Waals surface area (Å²) in [5, 5.41) is 5.05. The van der Waals surface area contributed by atoms with Gasteiger partial charge in [-0.25, -0.2) is 0 Å². The van der Waals surface area contributed by atoms with Crippen LogP contribution in [0, 0.1) is 0 Å². The normalized spacial score (nSPS) is 10.7. The number of hydrogen-bond donors (Lipinski definition) is 1. The first kappa shape index (κ1) is 12.7. The zero-order valence-electron chi connectivity index (χ0n) is 8.75. The van der Waals surface area contributed by atoms with Gasteiger partial charge in [0.1, 0.15) is 0 Å². The van der Waals surface area contributed by atoms with Crippen molar-refractivity contribution in [1.82, 2.24) is 5.32 Å². The van der Waals surface area contributed by atoms with Gasteiger partial charge in [0.05, 0.1) is 12.6 Å². The lowest BCUT2D eigenvalue weighted by Crippen LogP contribution is -2.25. The number of rotatable bonds is 5. The Morgan fingerprint density at radius 1 is 1.67 bits per heavy atom. The molecule has 1 aromatic heterocycles. The van der Waals surface area contributed by atoms with Crippen molar-refractivity contribution in [3.63, 3.8) is 0 Å². The lowest BCUT2D eigenvalue weighted by molar-refractivity contribution is -0.146. The summed E-state index contributed by atoms with van der Waals surface area (Å²) in [6.45, 7) is 4.64. The zero-order valence-corrected chi connectivity index (χ0v) is 11.2. The van der Waals surface area contributed by atoms with E-state index in [0.717, 1.165) is 4.47 Å². The molecule has 1 N–H and O–H groups in total. The fourth-order valence-corrected chi connectivity index (χ4v) is 2.46. The van der Waals surface area contributed by atoms with Crippen molar-refractivity contribution in [3.05, 3.63) is 20.8 Å². The lowest BCUT2D eigenvalue weighted by Gasteiger charge is -2.07. The van der Waals surface area contributed by atoms with Crippen LogP contribution in [0.25, 0.3) is 0 Å². The number of carbonyl (C=O) groups is 1. The Hall–Kier alpha value is -0.390. The molecule has 5 heteroatoms. The molecule has 1 heterocycles. The maximum absolute atomic E-state index is 11.2. The first-order chi connectivity index (χ1) is 7.08. The van der Waals surface area contributed by atoms with Crippen molar-refractivity contribution in [3.8, 4) is 0 Å². The second-order valence-corrected chi connectivity index (χ2v) is 5.28. The quantitative estimate of drug-likeness (QED) is 0.848. The third kappa shape index (κ3) is 5.30. The molecule has 0 aliphatic heterocycles. The number of hydrogen-bond acceptors (Lipinski definition) is 4. The van der Waals surface area contributed by atoms with Gasteiger partial charge in [-0.15, -0.1) is 11.3 Å². The van der Waals surface area contributed by atoms with E-state index in [1.807, 2.05) is 25.3 Å². The van der Waals surface area contributed by atoms with E-state index in [9.17, 15) is 4.79 Å². The minimum atomic E-state index is -0.208. The second kappa shape index (κ2) is 6.25. The van der Waals surface area contributed by atoms with Gasteiger partial charge in [-0.2, -0.15) is 0 Å². The van der Waals surface area contributed by atoms with Crippen molar-refractivity contribution in [2.45, 2.75) is 26.5 Å². The van der Waals surface area contributed by atoms with Crippen LogP contribution < -0.4 is 5.32 Å². The molecule has 1 aromatic rings. The molecule has 1 rings (SSSR count). The largest absolute Gasteiger partial charge is 0.462 e. The van der Waals surface area contributed by atoms with E-state index >= 15 is 0 Å². The van der Waals surface area contributed by atoms with E-state index in [0.29, 0.717) is 6.54 Å². The molecule has 15 heavy (non-hydrogen) atoms. The monoisotopic (exact) mass is 291 g/mol. The predicted octanol–water partition coefficient (Wildman–Crippen LogP) is 2.55. The van der Waals surface area contributed by atoms with E-state index in [2.05, 4.69) is 21.2 Å².